The van der Waals surface area contributed by atoms with E-state index in [1.807, 2.05) is 12.1 Å². The average molecular weight is 440 g/mol. The van der Waals surface area contributed by atoms with Crippen LogP contribution in [0.1, 0.15) is 36.0 Å². The summed E-state index contributed by atoms with van der Waals surface area (Å²) in [5.41, 5.74) is 0.547. The third-order valence-corrected chi connectivity index (χ3v) is 6.02. The molecule has 3 aromatic rings. The van der Waals surface area contributed by atoms with Crippen molar-refractivity contribution in [2.45, 2.75) is 41.8 Å². The van der Waals surface area contributed by atoms with E-state index >= 15 is 0 Å². The predicted molar refractivity (Wildman–Crippen MR) is 113 cm³/mol. The molecule has 0 spiro atoms. The first-order chi connectivity index (χ1) is 15.0. The molecule has 0 atom stereocenters. The molecule has 1 N–H and O–H groups in total. The summed E-state index contributed by atoms with van der Waals surface area (Å²) >= 11 is 1.15. The molecule has 31 heavy (non-hydrogen) atoms. The van der Waals surface area contributed by atoms with Crippen molar-refractivity contribution in [2.75, 3.05) is 5.32 Å². The highest BCUT2D eigenvalue weighted by Gasteiger charge is 2.20. The van der Waals surface area contributed by atoms with Crippen LogP contribution in [-0.4, -0.2) is 37.1 Å². The van der Waals surface area contributed by atoms with Gasteiger partial charge >= 0.3 is 0 Å². The van der Waals surface area contributed by atoms with Crippen LogP contribution in [0.5, 0.6) is 5.75 Å². The first kappa shape index (κ1) is 20.8. The predicted octanol–water partition coefficient (Wildman–Crippen LogP) is 3.84. The SMILES string of the molecule is Cn1nnnc1Sc1ccc([N+](=O)[O-])cc1C(=O)Nc1ccc(OC2CCCC2)cc1. The fraction of sp³-hybridized carbons (Fsp3) is 0.300. The number of nitrogens with one attached hydrogen (secondary N) is 1. The molecule has 1 aliphatic rings. The lowest BCUT2D eigenvalue weighted by molar-refractivity contribution is -0.384. The highest BCUT2D eigenvalue weighted by Crippen LogP contribution is 2.32. The van der Waals surface area contributed by atoms with Gasteiger partial charge in [-0.1, -0.05) is 0 Å². The topological polar surface area (TPSA) is 125 Å². The second kappa shape index (κ2) is 9.13. The Bertz CT molecular complexity index is 1100. The van der Waals surface area contributed by atoms with E-state index in [0.29, 0.717) is 15.7 Å². The van der Waals surface area contributed by atoms with Crippen molar-refractivity contribution >= 4 is 29.0 Å². The first-order valence-electron chi connectivity index (χ1n) is 9.76. The molecule has 1 aromatic heterocycles. The molecule has 0 saturated heterocycles. The number of tetrazole rings is 1. The third-order valence-electron chi connectivity index (χ3n) is 4.92. The molecule has 0 unspecified atom stereocenters. The zero-order valence-electron chi connectivity index (χ0n) is 16.7. The summed E-state index contributed by atoms with van der Waals surface area (Å²) in [5, 5.41) is 25.7. The molecule has 11 heteroatoms. The fourth-order valence-electron chi connectivity index (χ4n) is 3.32. The molecular formula is C20H20N6O4S. The Kier molecular flexibility index (Phi) is 6.12. The van der Waals surface area contributed by atoms with Crippen LogP contribution in [-0.2, 0) is 7.05 Å². The molecule has 1 heterocycles. The maximum atomic E-state index is 12.9. The summed E-state index contributed by atoms with van der Waals surface area (Å²) in [7, 11) is 1.67. The van der Waals surface area contributed by atoms with E-state index in [1.54, 1.807) is 19.2 Å². The van der Waals surface area contributed by atoms with Crippen molar-refractivity contribution < 1.29 is 14.5 Å². The number of carbonyl (C=O) groups excluding carboxylic acids is 1. The number of benzene rings is 2. The maximum absolute atomic E-state index is 12.9. The number of nitrogens with zero attached hydrogens (tertiary/aromatic N) is 5. The zero-order chi connectivity index (χ0) is 21.8. The molecule has 2 aromatic carbocycles. The largest absolute Gasteiger partial charge is 0.490 e. The number of hydrogen-bond acceptors (Lipinski definition) is 8. The van der Waals surface area contributed by atoms with Gasteiger partial charge in [0.15, 0.2) is 0 Å². The van der Waals surface area contributed by atoms with Crippen LogP contribution in [0.3, 0.4) is 0 Å². The molecule has 0 aliphatic heterocycles. The molecule has 4 rings (SSSR count). The summed E-state index contributed by atoms with van der Waals surface area (Å²) < 4.78 is 7.39. The normalized spacial score (nSPS) is 13.8. The van der Waals surface area contributed by atoms with Crippen molar-refractivity contribution in [3.63, 3.8) is 0 Å². The maximum Gasteiger partial charge on any atom is 0.270 e. The number of carbonyl (C=O) groups is 1. The number of nitro benzene ring substituents is 1. The van der Waals surface area contributed by atoms with Gasteiger partial charge in [-0.05, 0) is 78.2 Å². The fourth-order valence-corrected chi connectivity index (χ4v) is 4.16. The Morgan fingerprint density at radius 2 is 1.97 bits per heavy atom. The highest BCUT2D eigenvalue weighted by molar-refractivity contribution is 7.99. The minimum Gasteiger partial charge on any atom is -0.490 e. The van der Waals surface area contributed by atoms with E-state index < -0.39 is 10.8 Å². The Hall–Kier alpha value is -3.47. The number of non-ortho nitro benzene ring substituents is 1. The minimum atomic E-state index is -0.537. The number of amides is 1. The molecule has 1 saturated carbocycles. The molecular weight excluding hydrogens is 420 g/mol. The van der Waals surface area contributed by atoms with E-state index in [2.05, 4.69) is 20.8 Å². The molecule has 1 amide bonds. The van der Waals surface area contributed by atoms with Crippen LogP contribution >= 0.6 is 11.8 Å². The Morgan fingerprint density at radius 3 is 2.61 bits per heavy atom. The molecule has 0 bridgehead atoms. The first-order valence-corrected chi connectivity index (χ1v) is 10.6. The van der Waals surface area contributed by atoms with Gasteiger partial charge in [-0.2, -0.15) is 0 Å². The number of aromatic nitrogens is 4. The summed E-state index contributed by atoms with van der Waals surface area (Å²) in [4.78, 5) is 24.1. The van der Waals surface area contributed by atoms with Crippen LogP contribution in [0.25, 0.3) is 0 Å². The summed E-state index contributed by atoms with van der Waals surface area (Å²) in [5.74, 6) is 0.289. The van der Waals surface area contributed by atoms with Gasteiger partial charge in [-0.25, -0.2) is 4.68 Å². The number of nitro groups is 1. The Balaban J connectivity index is 1.52. The number of hydrogen-bond donors (Lipinski definition) is 1. The quantitative estimate of drug-likeness (QED) is 0.434. The molecule has 0 radical (unpaired) electrons. The van der Waals surface area contributed by atoms with Gasteiger partial charge in [0.05, 0.1) is 16.6 Å². The Morgan fingerprint density at radius 1 is 1.23 bits per heavy atom. The van der Waals surface area contributed by atoms with Crippen LogP contribution in [0, 0.1) is 10.1 Å². The van der Waals surface area contributed by atoms with Crippen LogP contribution < -0.4 is 10.1 Å². The minimum absolute atomic E-state index is 0.161. The van der Waals surface area contributed by atoms with Gasteiger partial charge in [0.2, 0.25) is 5.16 Å². The van der Waals surface area contributed by atoms with Crippen molar-refractivity contribution in [1.82, 2.24) is 20.2 Å². The van der Waals surface area contributed by atoms with E-state index in [-0.39, 0.29) is 17.4 Å². The van der Waals surface area contributed by atoms with E-state index in [1.165, 1.54) is 35.7 Å². The van der Waals surface area contributed by atoms with Gasteiger partial charge in [0.25, 0.3) is 11.6 Å². The molecule has 10 nitrogen and oxygen atoms in total. The monoisotopic (exact) mass is 440 g/mol. The number of anilines is 1. The van der Waals surface area contributed by atoms with E-state index in [4.69, 9.17) is 4.74 Å². The lowest BCUT2D eigenvalue weighted by atomic mass is 10.1. The van der Waals surface area contributed by atoms with Crippen LogP contribution in [0.15, 0.2) is 52.5 Å². The van der Waals surface area contributed by atoms with Crippen molar-refractivity contribution in [1.29, 1.82) is 0 Å². The second-order valence-electron chi connectivity index (χ2n) is 7.13. The summed E-state index contributed by atoms with van der Waals surface area (Å²) in [6.45, 7) is 0. The summed E-state index contributed by atoms with van der Waals surface area (Å²) in [6, 6.07) is 11.2. The van der Waals surface area contributed by atoms with Crippen molar-refractivity contribution in [3.05, 3.63) is 58.1 Å². The van der Waals surface area contributed by atoms with Gasteiger partial charge < -0.3 is 10.1 Å². The van der Waals surface area contributed by atoms with Gasteiger partial charge in [0, 0.05) is 29.8 Å². The van der Waals surface area contributed by atoms with Gasteiger partial charge in [-0.15, -0.1) is 5.10 Å². The summed E-state index contributed by atoms with van der Waals surface area (Å²) in [6.07, 6.45) is 4.75. The van der Waals surface area contributed by atoms with Crippen molar-refractivity contribution in [2.24, 2.45) is 7.05 Å². The van der Waals surface area contributed by atoms with Crippen LogP contribution in [0.2, 0.25) is 0 Å². The van der Waals surface area contributed by atoms with E-state index in [9.17, 15) is 14.9 Å². The average Bonchev–Trinajstić information content (AvgIpc) is 3.41. The van der Waals surface area contributed by atoms with Crippen molar-refractivity contribution in [3.8, 4) is 5.75 Å². The molecule has 160 valence electrons. The lowest BCUT2D eigenvalue weighted by Gasteiger charge is -2.14. The smallest absolute Gasteiger partial charge is 0.270 e. The second-order valence-corrected chi connectivity index (χ2v) is 8.14. The van der Waals surface area contributed by atoms with Crippen LogP contribution in [0.4, 0.5) is 11.4 Å². The van der Waals surface area contributed by atoms with Gasteiger partial charge in [0.1, 0.15) is 5.75 Å². The molecule has 1 fully saturated rings. The number of aryl methyl sites for hydroxylation is 1. The number of rotatable bonds is 7. The molecule has 1 aliphatic carbocycles. The lowest BCUT2D eigenvalue weighted by Crippen LogP contribution is -2.14. The zero-order valence-corrected chi connectivity index (χ0v) is 17.5. The Labute approximate surface area is 182 Å². The van der Waals surface area contributed by atoms with E-state index in [0.717, 1.165) is 30.4 Å². The standard InChI is InChI=1S/C20H20N6O4S/c1-25-20(22-23-24-25)31-18-11-8-14(26(28)29)12-17(18)19(27)21-13-6-9-16(10-7-13)30-15-4-2-3-5-15/h6-12,15H,2-5H2,1H3,(H,21,27). The number of ether oxygens (including phenoxy) is 1. The third kappa shape index (κ3) is 5.00. The highest BCUT2D eigenvalue weighted by atomic mass is 32.2. The van der Waals surface area contributed by atoms with Gasteiger partial charge in [-0.3, -0.25) is 14.9 Å².